The molecule has 0 unspecified atom stereocenters. The van der Waals surface area contributed by atoms with Gasteiger partial charge in [-0.25, -0.2) is 0 Å². The molecule has 3 aromatic rings. The maximum absolute atomic E-state index is 12.7. The number of nitrogens with zero attached hydrogens (tertiary/aromatic N) is 2. The summed E-state index contributed by atoms with van der Waals surface area (Å²) in [6.45, 7) is 5.21. The molecule has 5 nitrogen and oxygen atoms in total. The lowest BCUT2D eigenvalue weighted by atomic mass is 10.0. The normalized spacial score (nSPS) is 17.9. The van der Waals surface area contributed by atoms with Gasteiger partial charge in [0.2, 0.25) is 5.91 Å². The fourth-order valence-corrected chi connectivity index (χ4v) is 4.04. The molecule has 0 saturated carbocycles. The molecule has 2 aromatic carbocycles. The Morgan fingerprint density at radius 1 is 1.17 bits per heavy atom. The summed E-state index contributed by atoms with van der Waals surface area (Å²) < 4.78 is 5.22. The molecule has 1 aliphatic heterocycles. The SMILES string of the molecule is Cc1cc([C@H]2CCCN2CC(=O)N[C@@H](C)c2ccc(-c3ccccc3)cc2)no1. The highest BCUT2D eigenvalue weighted by Crippen LogP contribution is 2.31. The van der Waals surface area contributed by atoms with E-state index in [1.165, 1.54) is 11.1 Å². The molecule has 0 bridgehead atoms. The molecule has 1 fully saturated rings. The van der Waals surface area contributed by atoms with Crippen LogP contribution in [0.25, 0.3) is 11.1 Å². The fraction of sp³-hybridized carbons (Fsp3) is 0.333. The third-order valence-corrected chi connectivity index (χ3v) is 5.59. The van der Waals surface area contributed by atoms with Crippen LogP contribution in [0.4, 0.5) is 0 Å². The Kier molecular flexibility index (Phi) is 5.76. The van der Waals surface area contributed by atoms with Crippen molar-refractivity contribution < 1.29 is 9.32 Å². The molecule has 4 rings (SSSR count). The lowest BCUT2D eigenvalue weighted by Gasteiger charge is -2.23. The number of rotatable bonds is 6. The number of amides is 1. The van der Waals surface area contributed by atoms with Crippen molar-refractivity contribution in [2.24, 2.45) is 0 Å². The molecule has 1 saturated heterocycles. The molecule has 29 heavy (non-hydrogen) atoms. The number of aromatic nitrogens is 1. The minimum Gasteiger partial charge on any atom is -0.361 e. The zero-order valence-corrected chi connectivity index (χ0v) is 17.0. The number of carbonyl (C=O) groups is 1. The summed E-state index contributed by atoms with van der Waals surface area (Å²) in [5.41, 5.74) is 4.40. The Balaban J connectivity index is 1.35. The van der Waals surface area contributed by atoms with Crippen molar-refractivity contribution in [2.45, 2.75) is 38.8 Å². The van der Waals surface area contributed by atoms with Gasteiger partial charge >= 0.3 is 0 Å². The first-order chi connectivity index (χ1) is 14.1. The summed E-state index contributed by atoms with van der Waals surface area (Å²) in [6.07, 6.45) is 2.08. The van der Waals surface area contributed by atoms with E-state index in [1.807, 2.05) is 38.1 Å². The van der Waals surface area contributed by atoms with E-state index >= 15 is 0 Å². The summed E-state index contributed by atoms with van der Waals surface area (Å²) in [5, 5.41) is 7.28. The minimum atomic E-state index is -0.0392. The number of carbonyl (C=O) groups excluding carboxylic acids is 1. The van der Waals surface area contributed by atoms with Crippen LogP contribution >= 0.6 is 0 Å². The second-order valence-electron chi connectivity index (χ2n) is 7.77. The summed E-state index contributed by atoms with van der Waals surface area (Å²) in [4.78, 5) is 14.8. The maximum atomic E-state index is 12.7. The first-order valence-corrected chi connectivity index (χ1v) is 10.2. The summed E-state index contributed by atoms with van der Waals surface area (Å²) in [7, 11) is 0. The predicted octanol–water partition coefficient (Wildman–Crippen LogP) is 4.66. The standard InChI is InChI=1S/C24H27N3O2/c1-17-15-22(26-29-17)23-9-6-14-27(23)16-24(28)25-18(2)19-10-12-21(13-11-19)20-7-4-3-5-8-20/h3-5,7-8,10-13,15,18,23H,6,9,14,16H2,1-2H3,(H,25,28)/t18-,23+/m0/s1. The molecule has 150 valence electrons. The number of aryl methyl sites for hydroxylation is 1. The molecule has 2 heterocycles. The average molecular weight is 389 g/mol. The van der Waals surface area contributed by atoms with Gasteiger partial charge in [0.1, 0.15) is 11.5 Å². The third kappa shape index (κ3) is 4.57. The molecule has 1 amide bonds. The van der Waals surface area contributed by atoms with E-state index in [2.05, 4.69) is 51.8 Å². The average Bonchev–Trinajstić information content (AvgIpc) is 3.37. The summed E-state index contributed by atoms with van der Waals surface area (Å²) >= 11 is 0. The Hall–Kier alpha value is -2.92. The highest BCUT2D eigenvalue weighted by molar-refractivity contribution is 5.78. The van der Waals surface area contributed by atoms with Crippen LogP contribution in [0.5, 0.6) is 0 Å². The number of hydrogen-bond acceptors (Lipinski definition) is 4. The van der Waals surface area contributed by atoms with Gasteiger partial charge in [0, 0.05) is 6.07 Å². The summed E-state index contributed by atoms with van der Waals surface area (Å²) in [6, 6.07) is 20.8. The van der Waals surface area contributed by atoms with Crippen molar-refractivity contribution in [2.75, 3.05) is 13.1 Å². The zero-order chi connectivity index (χ0) is 20.2. The van der Waals surface area contributed by atoms with Crippen LogP contribution in [0.1, 0.15) is 48.9 Å². The second kappa shape index (κ2) is 8.62. The number of hydrogen-bond donors (Lipinski definition) is 1. The third-order valence-electron chi connectivity index (χ3n) is 5.59. The van der Waals surface area contributed by atoms with E-state index in [0.29, 0.717) is 6.54 Å². The lowest BCUT2D eigenvalue weighted by molar-refractivity contribution is -0.123. The van der Waals surface area contributed by atoms with Crippen LogP contribution in [-0.2, 0) is 4.79 Å². The summed E-state index contributed by atoms with van der Waals surface area (Å²) in [5.74, 6) is 0.848. The molecule has 5 heteroatoms. The molecule has 1 aromatic heterocycles. The first kappa shape index (κ1) is 19.4. The monoisotopic (exact) mass is 389 g/mol. The fourth-order valence-electron chi connectivity index (χ4n) is 4.04. The molecular weight excluding hydrogens is 362 g/mol. The lowest BCUT2D eigenvalue weighted by Crippen LogP contribution is -2.38. The highest BCUT2D eigenvalue weighted by atomic mass is 16.5. The van der Waals surface area contributed by atoms with Crippen LogP contribution in [0.3, 0.4) is 0 Å². The Morgan fingerprint density at radius 2 is 1.90 bits per heavy atom. The van der Waals surface area contributed by atoms with E-state index < -0.39 is 0 Å². The Labute approximate surface area is 171 Å². The van der Waals surface area contributed by atoms with Gasteiger partial charge in [-0.05, 0) is 49.9 Å². The largest absolute Gasteiger partial charge is 0.361 e. The van der Waals surface area contributed by atoms with Gasteiger partial charge in [-0.1, -0.05) is 59.8 Å². The topological polar surface area (TPSA) is 58.4 Å². The van der Waals surface area contributed by atoms with Crippen molar-refractivity contribution >= 4 is 5.91 Å². The van der Waals surface area contributed by atoms with Gasteiger partial charge in [-0.15, -0.1) is 0 Å². The van der Waals surface area contributed by atoms with Gasteiger partial charge in [0.15, 0.2) is 0 Å². The Bertz CT molecular complexity index is 950. The molecule has 2 atom stereocenters. The van der Waals surface area contributed by atoms with Gasteiger partial charge in [0.05, 0.1) is 18.6 Å². The number of nitrogens with one attached hydrogen (secondary N) is 1. The maximum Gasteiger partial charge on any atom is 0.234 e. The molecule has 0 spiro atoms. The van der Waals surface area contributed by atoms with Crippen LogP contribution in [0.2, 0.25) is 0 Å². The number of likely N-dealkylation sites (tertiary alicyclic amines) is 1. The van der Waals surface area contributed by atoms with E-state index in [0.717, 1.165) is 36.4 Å². The minimum absolute atomic E-state index is 0.0387. The van der Waals surface area contributed by atoms with Crippen LogP contribution in [0, 0.1) is 6.92 Å². The van der Waals surface area contributed by atoms with Crippen molar-refractivity contribution in [3.63, 3.8) is 0 Å². The quantitative estimate of drug-likeness (QED) is 0.666. The molecule has 0 aliphatic carbocycles. The van der Waals surface area contributed by atoms with Crippen LogP contribution in [0.15, 0.2) is 65.2 Å². The van der Waals surface area contributed by atoms with Crippen LogP contribution < -0.4 is 5.32 Å². The molecule has 1 N–H and O–H groups in total. The zero-order valence-electron chi connectivity index (χ0n) is 17.0. The van der Waals surface area contributed by atoms with Gasteiger partial charge in [-0.2, -0.15) is 0 Å². The van der Waals surface area contributed by atoms with Crippen LogP contribution in [-0.4, -0.2) is 29.1 Å². The molecule has 1 aliphatic rings. The molecule has 0 radical (unpaired) electrons. The Morgan fingerprint density at radius 3 is 2.59 bits per heavy atom. The first-order valence-electron chi connectivity index (χ1n) is 10.2. The van der Waals surface area contributed by atoms with Crippen molar-refractivity contribution in [1.82, 2.24) is 15.4 Å². The van der Waals surface area contributed by atoms with E-state index in [-0.39, 0.29) is 18.0 Å². The van der Waals surface area contributed by atoms with E-state index in [1.54, 1.807) is 0 Å². The highest BCUT2D eigenvalue weighted by Gasteiger charge is 2.30. The van der Waals surface area contributed by atoms with Gasteiger partial charge in [0.25, 0.3) is 0 Å². The molecular formula is C24H27N3O2. The second-order valence-corrected chi connectivity index (χ2v) is 7.77. The van der Waals surface area contributed by atoms with Gasteiger partial charge in [-0.3, -0.25) is 9.69 Å². The van der Waals surface area contributed by atoms with Crippen molar-refractivity contribution in [3.8, 4) is 11.1 Å². The van der Waals surface area contributed by atoms with E-state index in [4.69, 9.17) is 4.52 Å². The smallest absolute Gasteiger partial charge is 0.234 e. The van der Waals surface area contributed by atoms with Gasteiger partial charge < -0.3 is 9.84 Å². The predicted molar refractivity (Wildman–Crippen MR) is 113 cm³/mol. The van der Waals surface area contributed by atoms with Crippen molar-refractivity contribution in [3.05, 3.63) is 77.7 Å². The van der Waals surface area contributed by atoms with Crippen molar-refractivity contribution in [1.29, 1.82) is 0 Å². The number of benzene rings is 2. The van der Waals surface area contributed by atoms with E-state index in [9.17, 15) is 4.79 Å².